The van der Waals surface area contributed by atoms with Crippen molar-refractivity contribution in [2.75, 3.05) is 31.1 Å². The molecule has 1 unspecified atom stereocenters. The standard InChI is InChI=1S/C29H28Cl2N4O3/c1-17-16-34(13-14-35(17)20-8-10-24-19(15-20)7-9-25(32-24)29(36)37)12-11-21-27(33-38-28(21)18-5-6-18)26-22(30)3-2-4-23(26)31/h2-4,7-10,15,17-18H,5-6,11-14,16H2,1H3,(H,36,37). The van der Waals surface area contributed by atoms with Crippen LogP contribution in [-0.4, -0.2) is 58.3 Å². The van der Waals surface area contributed by atoms with E-state index >= 15 is 0 Å². The van der Waals surface area contributed by atoms with Crippen LogP contribution >= 0.6 is 23.2 Å². The maximum atomic E-state index is 11.2. The molecule has 4 aromatic rings. The minimum atomic E-state index is -1.02. The maximum Gasteiger partial charge on any atom is 0.354 e. The second-order valence-electron chi connectivity index (χ2n) is 10.2. The number of piperazine rings is 1. The van der Waals surface area contributed by atoms with Crippen molar-refractivity contribution < 1.29 is 14.4 Å². The second kappa shape index (κ2) is 10.2. The molecule has 2 aromatic carbocycles. The largest absolute Gasteiger partial charge is 0.477 e. The lowest BCUT2D eigenvalue weighted by Crippen LogP contribution is -2.52. The quantitative estimate of drug-likeness (QED) is 0.280. The van der Waals surface area contributed by atoms with E-state index in [0.717, 1.165) is 79.1 Å². The van der Waals surface area contributed by atoms with Crippen molar-refractivity contribution in [2.45, 2.75) is 38.1 Å². The van der Waals surface area contributed by atoms with Crippen LogP contribution < -0.4 is 4.90 Å². The Kier molecular flexibility index (Phi) is 6.76. The number of halogens is 2. The third-order valence-electron chi connectivity index (χ3n) is 7.58. The van der Waals surface area contributed by atoms with Gasteiger partial charge in [-0.3, -0.25) is 4.90 Å². The van der Waals surface area contributed by atoms with E-state index < -0.39 is 5.97 Å². The highest BCUT2D eigenvalue weighted by molar-refractivity contribution is 6.39. The van der Waals surface area contributed by atoms with Crippen molar-refractivity contribution in [1.29, 1.82) is 0 Å². The molecule has 2 fully saturated rings. The van der Waals surface area contributed by atoms with Gasteiger partial charge in [0.05, 0.1) is 15.6 Å². The number of hydrogen-bond acceptors (Lipinski definition) is 6. The zero-order valence-electron chi connectivity index (χ0n) is 21.0. The van der Waals surface area contributed by atoms with Gasteiger partial charge >= 0.3 is 5.97 Å². The van der Waals surface area contributed by atoms with Crippen molar-refractivity contribution in [1.82, 2.24) is 15.0 Å². The highest BCUT2D eigenvalue weighted by atomic mass is 35.5. The topological polar surface area (TPSA) is 82.7 Å². The summed E-state index contributed by atoms with van der Waals surface area (Å²) < 4.78 is 5.84. The molecule has 2 aromatic heterocycles. The first-order valence-electron chi connectivity index (χ1n) is 12.9. The molecule has 9 heteroatoms. The predicted octanol–water partition coefficient (Wildman–Crippen LogP) is 6.53. The van der Waals surface area contributed by atoms with E-state index in [1.807, 2.05) is 36.4 Å². The highest BCUT2D eigenvalue weighted by Crippen LogP contribution is 2.46. The van der Waals surface area contributed by atoms with Crippen molar-refractivity contribution in [3.05, 3.63) is 75.6 Å². The average molecular weight is 551 g/mol. The number of carboxylic acid groups (broad SMARTS) is 1. The molecule has 1 aliphatic heterocycles. The van der Waals surface area contributed by atoms with Gasteiger partial charge in [0.2, 0.25) is 0 Å². The van der Waals surface area contributed by atoms with E-state index in [0.29, 0.717) is 27.5 Å². The van der Waals surface area contributed by atoms with E-state index in [1.165, 1.54) is 0 Å². The Hall–Kier alpha value is -3.13. The molecular weight excluding hydrogens is 523 g/mol. The van der Waals surface area contributed by atoms with Crippen LogP contribution in [0, 0.1) is 0 Å². The van der Waals surface area contributed by atoms with Crippen LogP contribution in [0.25, 0.3) is 22.2 Å². The van der Waals surface area contributed by atoms with Crippen molar-refractivity contribution in [3.8, 4) is 11.3 Å². The summed E-state index contributed by atoms with van der Waals surface area (Å²) in [5.74, 6) is 0.411. The third-order valence-corrected chi connectivity index (χ3v) is 8.21. The zero-order valence-corrected chi connectivity index (χ0v) is 22.5. The Morgan fingerprint density at radius 3 is 2.61 bits per heavy atom. The molecule has 0 bridgehead atoms. The van der Waals surface area contributed by atoms with E-state index in [9.17, 15) is 9.90 Å². The number of nitrogens with zero attached hydrogens (tertiary/aromatic N) is 4. The molecule has 2 aliphatic rings. The number of aromatic carboxylic acids is 1. The minimum absolute atomic E-state index is 0.0601. The lowest BCUT2D eigenvalue weighted by Gasteiger charge is -2.41. The molecule has 6 rings (SSSR count). The van der Waals surface area contributed by atoms with Crippen molar-refractivity contribution in [2.24, 2.45) is 0 Å². The van der Waals surface area contributed by atoms with Crippen LogP contribution in [0.4, 0.5) is 5.69 Å². The number of aromatic nitrogens is 2. The van der Waals surface area contributed by atoms with Gasteiger partial charge in [0.25, 0.3) is 0 Å². The average Bonchev–Trinajstić information content (AvgIpc) is 3.67. The predicted molar refractivity (Wildman–Crippen MR) is 150 cm³/mol. The van der Waals surface area contributed by atoms with E-state index in [2.05, 4.69) is 32.9 Å². The van der Waals surface area contributed by atoms with Crippen LogP contribution in [0.2, 0.25) is 10.0 Å². The van der Waals surface area contributed by atoms with E-state index in [1.54, 1.807) is 6.07 Å². The molecule has 7 nitrogen and oxygen atoms in total. The molecule has 3 heterocycles. The molecule has 0 amide bonds. The van der Waals surface area contributed by atoms with Crippen molar-refractivity contribution in [3.63, 3.8) is 0 Å². The Labute approximate surface area is 230 Å². The molecule has 1 aliphatic carbocycles. The van der Waals surface area contributed by atoms with Crippen LogP contribution in [0.3, 0.4) is 0 Å². The first-order chi connectivity index (χ1) is 18.4. The van der Waals surface area contributed by atoms with E-state index in [-0.39, 0.29) is 5.69 Å². The molecule has 1 saturated carbocycles. The Balaban J connectivity index is 1.16. The van der Waals surface area contributed by atoms with Gasteiger partial charge in [-0.05, 0) is 62.6 Å². The fourth-order valence-electron chi connectivity index (χ4n) is 5.45. The van der Waals surface area contributed by atoms with Crippen molar-refractivity contribution >= 4 is 45.8 Å². The fraction of sp³-hybridized carbons (Fsp3) is 0.345. The lowest BCUT2D eigenvalue weighted by molar-refractivity contribution is 0.0691. The van der Waals surface area contributed by atoms with Gasteiger partial charge < -0.3 is 14.5 Å². The number of benzene rings is 2. The number of carboxylic acids is 1. The van der Waals surface area contributed by atoms with Crippen LogP contribution in [0.1, 0.15) is 47.5 Å². The van der Waals surface area contributed by atoms with Gasteiger partial charge in [-0.1, -0.05) is 40.5 Å². The molecule has 0 radical (unpaired) electrons. The Morgan fingerprint density at radius 2 is 1.89 bits per heavy atom. The lowest BCUT2D eigenvalue weighted by atomic mass is 10.0. The molecular formula is C29H28Cl2N4O3. The van der Waals surface area contributed by atoms with Gasteiger partial charge in [0.1, 0.15) is 17.1 Å². The SMILES string of the molecule is CC1CN(CCc2c(-c3c(Cl)cccc3Cl)noc2C2CC2)CCN1c1ccc2nc(C(=O)O)ccc2c1. The van der Waals surface area contributed by atoms with Gasteiger partial charge in [0, 0.05) is 60.3 Å². The minimum Gasteiger partial charge on any atom is -0.477 e. The molecule has 0 spiro atoms. The summed E-state index contributed by atoms with van der Waals surface area (Å²) in [7, 11) is 0. The summed E-state index contributed by atoms with van der Waals surface area (Å²) in [5, 5.41) is 15.8. The number of fused-ring (bicyclic) bond motifs is 1. The first kappa shape index (κ1) is 25.2. The zero-order chi connectivity index (χ0) is 26.4. The summed E-state index contributed by atoms with van der Waals surface area (Å²) in [5.41, 5.74) is 4.52. The summed E-state index contributed by atoms with van der Waals surface area (Å²) in [6.45, 7) is 5.90. The van der Waals surface area contributed by atoms with Crippen LogP contribution in [0.5, 0.6) is 0 Å². The number of pyridine rings is 1. The van der Waals surface area contributed by atoms with Crippen LogP contribution in [0.15, 0.2) is 53.1 Å². The third kappa shape index (κ3) is 4.86. The molecule has 196 valence electrons. The smallest absolute Gasteiger partial charge is 0.354 e. The normalized spacial score (nSPS) is 18.3. The Morgan fingerprint density at radius 1 is 1.11 bits per heavy atom. The monoisotopic (exact) mass is 550 g/mol. The summed E-state index contributed by atoms with van der Waals surface area (Å²) in [4.78, 5) is 20.4. The fourth-order valence-corrected chi connectivity index (χ4v) is 6.03. The number of carbonyl (C=O) groups is 1. The van der Waals surface area contributed by atoms with Gasteiger partial charge in [-0.2, -0.15) is 0 Å². The van der Waals surface area contributed by atoms with Gasteiger partial charge in [0.15, 0.2) is 0 Å². The van der Waals surface area contributed by atoms with Gasteiger partial charge in [-0.15, -0.1) is 0 Å². The number of anilines is 1. The highest BCUT2D eigenvalue weighted by Gasteiger charge is 2.34. The Bertz CT molecular complexity index is 1500. The summed E-state index contributed by atoms with van der Waals surface area (Å²) in [6, 6.07) is 15.3. The van der Waals surface area contributed by atoms with E-state index in [4.69, 9.17) is 27.7 Å². The first-order valence-corrected chi connectivity index (χ1v) is 13.7. The molecule has 1 atom stereocenters. The summed E-state index contributed by atoms with van der Waals surface area (Å²) >= 11 is 13.1. The number of hydrogen-bond donors (Lipinski definition) is 1. The summed E-state index contributed by atoms with van der Waals surface area (Å²) in [6.07, 6.45) is 3.09. The van der Waals surface area contributed by atoms with Crippen LogP contribution in [-0.2, 0) is 6.42 Å². The molecule has 1 N–H and O–H groups in total. The molecule has 38 heavy (non-hydrogen) atoms. The number of rotatable bonds is 7. The molecule has 1 saturated heterocycles. The maximum absolute atomic E-state index is 11.2. The second-order valence-corrected chi connectivity index (χ2v) is 11.0. The van der Waals surface area contributed by atoms with Gasteiger partial charge in [-0.25, -0.2) is 9.78 Å².